The van der Waals surface area contributed by atoms with Crippen LogP contribution in [-0.2, 0) is 11.2 Å². The molecule has 0 radical (unpaired) electrons. The Labute approximate surface area is 149 Å². The van der Waals surface area contributed by atoms with Crippen LogP contribution in [0.2, 0.25) is 0 Å². The van der Waals surface area contributed by atoms with E-state index in [4.69, 9.17) is 14.6 Å². The number of benzene rings is 1. The summed E-state index contributed by atoms with van der Waals surface area (Å²) in [5.41, 5.74) is 3.38. The van der Waals surface area contributed by atoms with Gasteiger partial charge in [0.05, 0.1) is 26.0 Å². The van der Waals surface area contributed by atoms with Gasteiger partial charge in [-0.1, -0.05) is 24.3 Å². The molecule has 1 saturated heterocycles. The van der Waals surface area contributed by atoms with Crippen molar-refractivity contribution in [1.82, 2.24) is 10.3 Å². The molecule has 0 saturated carbocycles. The Kier molecular flexibility index (Phi) is 6.79. The predicted molar refractivity (Wildman–Crippen MR) is 97.8 cm³/mol. The fraction of sp³-hybridized carbons (Fsp3) is 0.450. The van der Waals surface area contributed by atoms with Gasteiger partial charge in [0.25, 0.3) is 0 Å². The molecule has 0 bridgehead atoms. The average molecular weight is 342 g/mol. The van der Waals surface area contributed by atoms with Crippen molar-refractivity contribution in [2.75, 3.05) is 33.0 Å². The molecule has 1 fully saturated rings. The summed E-state index contributed by atoms with van der Waals surface area (Å²) in [5, 5.41) is 12.2. The van der Waals surface area contributed by atoms with Crippen molar-refractivity contribution in [2.45, 2.75) is 25.3 Å². The zero-order valence-electron chi connectivity index (χ0n) is 14.5. The smallest absolute Gasteiger partial charge is 0.138 e. The fourth-order valence-corrected chi connectivity index (χ4v) is 3.01. The van der Waals surface area contributed by atoms with Gasteiger partial charge in [0.2, 0.25) is 0 Å². The van der Waals surface area contributed by atoms with E-state index < -0.39 is 0 Å². The topological polar surface area (TPSA) is 63.6 Å². The number of ether oxygens (including phenoxy) is 2. The monoisotopic (exact) mass is 342 g/mol. The fourth-order valence-electron chi connectivity index (χ4n) is 3.01. The molecule has 0 amide bonds. The predicted octanol–water partition coefficient (Wildman–Crippen LogP) is 2.43. The zero-order valence-corrected chi connectivity index (χ0v) is 14.5. The molecule has 3 rings (SSSR count). The number of rotatable bonds is 9. The highest BCUT2D eigenvalue weighted by Gasteiger charge is 2.14. The Hall–Kier alpha value is -1.95. The second kappa shape index (κ2) is 9.51. The molecule has 2 aromatic rings. The first-order chi connectivity index (χ1) is 12.3. The van der Waals surface area contributed by atoms with Crippen LogP contribution in [0.25, 0.3) is 11.1 Å². The van der Waals surface area contributed by atoms with Crippen molar-refractivity contribution in [1.29, 1.82) is 0 Å². The lowest BCUT2D eigenvalue weighted by Crippen LogP contribution is -2.28. The van der Waals surface area contributed by atoms with Crippen molar-refractivity contribution >= 4 is 0 Å². The van der Waals surface area contributed by atoms with E-state index in [9.17, 15) is 0 Å². The van der Waals surface area contributed by atoms with E-state index in [2.05, 4.69) is 28.5 Å². The molecule has 1 aliphatic heterocycles. The minimum absolute atomic E-state index is 0.0644. The number of aliphatic hydroxyl groups is 1. The number of aromatic nitrogens is 1. The molecule has 134 valence electrons. The number of hydrogen-bond donors (Lipinski definition) is 2. The molecule has 1 aromatic heterocycles. The minimum atomic E-state index is 0.0644. The summed E-state index contributed by atoms with van der Waals surface area (Å²) in [7, 11) is 0. The molecule has 0 spiro atoms. The van der Waals surface area contributed by atoms with Gasteiger partial charge in [0.15, 0.2) is 0 Å². The number of pyridine rings is 1. The molecular weight excluding hydrogens is 316 g/mol. The van der Waals surface area contributed by atoms with Crippen molar-refractivity contribution in [3.8, 4) is 16.9 Å². The van der Waals surface area contributed by atoms with Crippen LogP contribution in [0.1, 0.15) is 18.4 Å². The first kappa shape index (κ1) is 17.9. The SMILES string of the molecule is OCCOCCc1cccc(-c2cncc(OCC3CCCN3)c2)c1. The Bertz CT molecular complexity index is 657. The van der Waals surface area contributed by atoms with Crippen LogP contribution in [-0.4, -0.2) is 49.1 Å². The second-order valence-corrected chi connectivity index (χ2v) is 6.30. The summed E-state index contributed by atoms with van der Waals surface area (Å²) < 4.78 is 11.2. The van der Waals surface area contributed by atoms with Gasteiger partial charge in [0.1, 0.15) is 12.4 Å². The van der Waals surface area contributed by atoms with Crippen LogP contribution in [0.4, 0.5) is 0 Å². The number of aliphatic hydroxyl groups excluding tert-OH is 1. The quantitative estimate of drug-likeness (QED) is 0.685. The molecule has 1 atom stereocenters. The molecule has 0 aliphatic carbocycles. The van der Waals surface area contributed by atoms with E-state index in [1.54, 1.807) is 6.20 Å². The lowest BCUT2D eigenvalue weighted by molar-refractivity contribution is 0.0944. The van der Waals surface area contributed by atoms with E-state index in [1.807, 2.05) is 18.3 Å². The Balaban J connectivity index is 1.61. The van der Waals surface area contributed by atoms with Gasteiger partial charge in [-0.2, -0.15) is 0 Å². The summed E-state index contributed by atoms with van der Waals surface area (Å²) >= 11 is 0. The standard InChI is InChI=1S/C20H26N2O3/c23-8-10-24-9-6-16-3-1-4-17(11-16)18-12-20(14-21-13-18)25-15-19-5-2-7-22-19/h1,3-4,11-14,19,22-23H,2,5-10,15H2. The van der Waals surface area contributed by atoms with Crippen molar-refractivity contribution in [2.24, 2.45) is 0 Å². The Morgan fingerprint density at radius 2 is 2.12 bits per heavy atom. The van der Waals surface area contributed by atoms with E-state index >= 15 is 0 Å². The van der Waals surface area contributed by atoms with Crippen LogP contribution in [0, 0.1) is 0 Å². The molecule has 1 aromatic carbocycles. The third-order valence-corrected chi connectivity index (χ3v) is 4.36. The van der Waals surface area contributed by atoms with Crippen LogP contribution in [0.15, 0.2) is 42.7 Å². The molecule has 1 unspecified atom stereocenters. The highest BCUT2D eigenvalue weighted by molar-refractivity contribution is 5.64. The van der Waals surface area contributed by atoms with Gasteiger partial charge < -0.3 is 19.9 Å². The van der Waals surface area contributed by atoms with Crippen molar-refractivity contribution in [3.05, 3.63) is 48.3 Å². The molecule has 2 N–H and O–H groups in total. The summed E-state index contributed by atoms with van der Waals surface area (Å²) in [4.78, 5) is 4.32. The lowest BCUT2D eigenvalue weighted by atomic mass is 10.0. The van der Waals surface area contributed by atoms with Crippen LogP contribution >= 0.6 is 0 Å². The van der Waals surface area contributed by atoms with Crippen LogP contribution < -0.4 is 10.1 Å². The Morgan fingerprint density at radius 1 is 1.16 bits per heavy atom. The van der Waals surface area contributed by atoms with Gasteiger partial charge >= 0.3 is 0 Å². The summed E-state index contributed by atoms with van der Waals surface area (Å²) in [6.45, 7) is 2.84. The third-order valence-electron chi connectivity index (χ3n) is 4.36. The zero-order chi connectivity index (χ0) is 17.3. The van der Waals surface area contributed by atoms with E-state index in [-0.39, 0.29) is 6.61 Å². The van der Waals surface area contributed by atoms with Gasteiger partial charge in [-0.05, 0) is 43.0 Å². The number of hydrogen-bond acceptors (Lipinski definition) is 5. The maximum Gasteiger partial charge on any atom is 0.138 e. The van der Waals surface area contributed by atoms with Gasteiger partial charge in [-0.25, -0.2) is 0 Å². The van der Waals surface area contributed by atoms with Gasteiger partial charge in [-0.3, -0.25) is 4.98 Å². The van der Waals surface area contributed by atoms with Crippen LogP contribution in [0.5, 0.6) is 5.75 Å². The third kappa shape index (κ3) is 5.53. The molecule has 2 heterocycles. The van der Waals surface area contributed by atoms with Crippen molar-refractivity contribution in [3.63, 3.8) is 0 Å². The van der Waals surface area contributed by atoms with E-state index in [0.29, 0.717) is 25.9 Å². The second-order valence-electron chi connectivity index (χ2n) is 6.30. The summed E-state index contributed by atoms with van der Waals surface area (Å²) in [6, 6.07) is 10.9. The first-order valence-corrected chi connectivity index (χ1v) is 8.94. The van der Waals surface area contributed by atoms with Gasteiger partial charge in [-0.15, -0.1) is 0 Å². The first-order valence-electron chi connectivity index (χ1n) is 8.94. The maximum atomic E-state index is 8.75. The lowest BCUT2D eigenvalue weighted by Gasteiger charge is -2.13. The average Bonchev–Trinajstić information content (AvgIpc) is 3.18. The largest absolute Gasteiger partial charge is 0.490 e. The molecule has 5 nitrogen and oxygen atoms in total. The molecule has 1 aliphatic rings. The summed E-state index contributed by atoms with van der Waals surface area (Å²) in [5.74, 6) is 0.808. The van der Waals surface area contributed by atoms with Crippen LogP contribution in [0.3, 0.4) is 0 Å². The van der Waals surface area contributed by atoms with Crippen molar-refractivity contribution < 1.29 is 14.6 Å². The number of nitrogens with one attached hydrogen (secondary N) is 1. The normalized spacial score (nSPS) is 16.9. The molecular formula is C20H26N2O3. The van der Waals surface area contributed by atoms with E-state index in [1.165, 1.54) is 18.4 Å². The summed E-state index contributed by atoms with van der Waals surface area (Å²) in [6.07, 6.45) is 6.85. The minimum Gasteiger partial charge on any atom is -0.490 e. The Morgan fingerprint density at radius 3 is 2.96 bits per heavy atom. The van der Waals surface area contributed by atoms with E-state index in [0.717, 1.165) is 29.8 Å². The maximum absolute atomic E-state index is 8.75. The highest BCUT2D eigenvalue weighted by atomic mass is 16.5. The molecule has 5 heteroatoms. The highest BCUT2D eigenvalue weighted by Crippen LogP contribution is 2.24. The number of nitrogens with zero attached hydrogens (tertiary/aromatic N) is 1. The molecule has 25 heavy (non-hydrogen) atoms. The van der Waals surface area contributed by atoms with Gasteiger partial charge in [0, 0.05) is 17.8 Å².